The normalized spacial score (nSPS) is 17.0. The van der Waals surface area contributed by atoms with E-state index in [0.29, 0.717) is 42.3 Å². The Kier molecular flexibility index (Phi) is 12.6. The third-order valence-electron chi connectivity index (χ3n) is 7.06. The molecule has 0 fully saturated rings. The number of rotatable bonds is 16. The predicted molar refractivity (Wildman–Crippen MR) is 141 cm³/mol. The summed E-state index contributed by atoms with van der Waals surface area (Å²) in [5, 5.41) is 61.3. The SMILES string of the molecule is COc1ccc(CCC(C)C(Cc2ccc(OC)c(OC)c2)C(O)[C@@H](O)[C@@H](O)[C@H](O)[C@@H](O)CO)cc1OC. The van der Waals surface area contributed by atoms with E-state index in [0.717, 1.165) is 11.1 Å². The summed E-state index contributed by atoms with van der Waals surface area (Å²) >= 11 is 0. The standard InChI is InChI=1S/C28H42O10/c1-16(6-7-17-8-10-21(35-2)23(13-17)37-4)19(12-18-9-11-22(36-3)24(14-18)38-5)25(31)27(33)28(34)26(32)20(30)15-29/h8-11,13-14,16,19-20,25-34H,6-7,12,15H2,1-5H3/t16?,19?,20-,25?,26+,27+,28-/m0/s1. The first-order chi connectivity index (χ1) is 18.1. The highest BCUT2D eigenvalue weighted by Gasteiger charge is 2.39. The van der Waals surface area contributed by atoms with E-state index in [2.05, 4.69) is 0 Å². The van der Waals surface area contributed by atoms with E-state index < -0.39 is 43.0 Å². The maximum atomic E-state index is 11.2. The van der Waals surface area contributed by atoms with Crippen molar-refractivity contribution in [2.24, 2.45) is 11.8 Å². The van der Waals surface area contributed by atoms with Gasteiger partial charge in [0.2, 0.25) is 0 Å². The molecule has 0 aliphatic carbocycles. The number of methoxy groups -OCH3 is 4. The van der Waals surface area contributed by atoms with Crippen LogP contribution in [0.4, 0.5) is 0 Å². The van der Waals surface area contributed by atoms with Crippen LogP contribution in [-0.2, 0) is 12.8 Å². The van der Waals surface area contributed by atoms with E-state index in [4.69, 9.17) is 24.1 Å². The molecule has 2 rings (SSSR count). The summed E-state index contributed by atoms with van der Waals surface area (Å²) in [6.07, 6.45) is -7.04. The topological polar surface area (TPSA) is 158 Å². The molecule has 10 heteroatoms. The van der Waals surface area contributed by atoms with Gasteiger partial charge in [-0.25, -0.2) is 0 Å². The van der Waals surface area contributed by atoms with Crippen LogP contribution in [0.5, 0.6) is 23.0 Å². The minimum absolute atomic E-state index is 0.159. The highest BCUT2D eigenvalue weighted by atomic mass is 16.5. The third-order valence-corrected chi connectivity index (χ3v) is 7.06. The average molecular weight is 539 g/mol. The molecule has 0 radical (unpaired) electrons. The van der Waals surface area contributed by atoms with Crippen LogP contribution in [0.25, 0.3) is 0 Å². The minimum Gasteiger partial charge on any atom is -0.493 e. The van der Waals surface area contributed by atoms with Crippen molar-refractivity contribution in [1.29, 1.82) is 0 Å². The zero-order valence-electron chi connectivity index (χ0n) is 22.7. The highest BCUT2D eigenvalue weighted by Crippen LogP contribution is 2.34. The summed E-state index contributed by atoms with van der Waals surface area (Å²) in [7, 11) is 6.18. The molecular formula is C28H42O10. The molecule has 0 aliphatic rings. The quantitative estimate of drug-likeness (QED) is 0.182. The van der Waals surface area contributed by atoms with Crippen molar-refractivity contribution in [2.45, 2.75) is 56.7 Å². The van der Waals surface area contributed by atoms with Crippen LogP contribution in [0.1, 0.15) is 24.5 Å². The van der Waals surface area contributed by atoms with E-state index in [1.807, 2.05) is 31.2 Å². The summed E-state index contributed by atoms with van der Waals surface area (Å²) in [4.78, 5) is 0. The number of aryl methyl sites for hydroxylation is 1. The van der Waals surface area contributed by atoms with Gasteiger partial charge in [0.1, 0.15) is 24.4 Å². The van der Waals surface area contributed by atoms with Gasteiger partial charge in [0.15, 0.2) is 23.0 Å². The molecule has 6 N–H and O–H groups in total. The zero-order valence-corrected chi connectivity index (χ0v) is 22.7. The molecule has 38 heavy (non-hydrogen) atoms. The lowest BCUT2D eigenvalue weighted by Gasteiger charge is -2.35. The second kappa shape index (κ2) is 15.1. The molecule has 2 aromatic rings. The van der Waals surface area contributed by atoms with Gasteiger partial charge < -0.3 is 49.6 Å². The molecule has 0 bridgehead atoms. The lowest BCUT2D eigenvalue weighted by Crippen LogP contribution is -2.52. The van der Waals surface area contributed by atoms with Crippen molar-refractivity contribution >= 4 is 0 Å². The molecule has 214 valence electrons. The summed E-state index contributed by atoms with van der Waals surface area (Å²) in [5.41, 5.74) is 1.80. The van der Waals surface area contributed by atoms with Crippen molar-refractivity contribution in [2.75, 3.05) is 35.0 Å². The minimum atomic E-state index is -1.88. The maximum Gasteiger partial charge on any atom is 0.160 e. The van der Waals surface area contributed by atoms with Gasteiger partial charge in [0, 0.05) is 0 Å². The molecule has 0 amide bonds. The first kappa shape index (κ1) is 31.6. The van der Waals surface area contributed by atoms with Gasteiger partial charge in [-0.3, -0.25) is 0 Å². The Morgan fingerprint density at radius 3 is 1.61 bits per heavy atom. The molecule has 0 saturated heterocycles. The van der Waals surface area contributed by atoms with Crippen LogP contribution < -0.4 is 18.9 Å². The van der Waals surface area contributed by atoms with Crippen molar-refractivity contribution in [3.8, 4) is 23.0 Å². The van der Waals surface area contributed by atoms with Crippen molar-refractivity contribution in [1.82, 2.24) is 0 Å². The largest absolute Gasteiger partial charge is 0.493 e. The number of ether oxygens (including phenoxy) is 4. The average Bonchev–Trinajstić information content (AvgIpc) is 2.96. The highest BCUT2D eigenvalue weighted by molar-refractivity contribution is 5.44. The van der Waals surface area contributed by atoms with Crippen LogP contribution >= 0.6 is 0 Å². The van der Waals surface area contributed by atoms with Gasteiger partial charge in [-0.1, -0.05) is 19.1 Å². The molecule has 10 nitrogen and oxygen atoms in total. The first-order valence-corrected chi connectivity index (χ1v) is 12.5. The van der Waals surface area contributed by atoms with Gasteiger partial charge in [-0.05, 0) is 66.5 Å². The summed E-state index contributed by atoms with van der Waals surface area (Å²) in [6, 6.07) is 11.0. The smallest absolute Gasteiger partial charge is 0.160 e. The Morgan fingerprint density at radius 1 is 0.632 bits per heavy atom. The molecule has 3 unspecified atom stereocenters. The first-order valence-electron chi connectivity index (χ1n) is 12.5. The lowest BCUT2D eigenvalue weighted by molar-refractivity contribution is -0.152. The molecule has 0 heterocycles. The number of hydrogen-bond donors (Lipinski definition) is 6. The lowest BCUT2D eigenvalue weighted by atomic mass is 9.77. The van der Waals surface area contributed by atoms with E-state index in [1.165, 1.54) is 14.2 Å². The summed E-state index contributed by atoms with van der Waals surface area (Å²) in [6.45, 7) is 1.13. The molecule has 7 atom stereocenters. The molecule has 0 spiro atoms. The fourth-order valence-electron chi connectivity index (χ4n) is 4.58. The fourth-order valence-corrected chi connectivity index (χ4v) is 4.58. The number of aliphatic hydroxyl groups excluding tert-OH is 6. The van der Waals surface area contributed by atoms with Gasteiger partial charge in [-0.15, -0.1) is 0 Å². The second-order valence-corrected chi connectivity index (χ2v) is 9.47. The van der Waals surface area contributed by atoms with Crippen LogP contribution in [-0.4, -0.2) is 96.2 Å². The Hall–Kier alpha value is -2.60. The van der Waals surface area contributed by atoms with E-state index >= 15 is 0 Å². The van der Waals surface area contributed by atoms with Gasteiger partial charge >= 0.3 is 0 Å². The van der Waals surface area contributed by atoms with Crippen molar-refractivity contribution in [3.63, 3.8) is 0 Å². The Bertz CT molecular complexity index is 984. The number of benzene rings is 2. The maximum absolute atomic E-state index is 11.2. The Morgan fingerprint density at radius 2 is 1.11 bits per heavy atom. The van der Waals surface area contributed by atoms with Gasteiger partial charge in [-0.2, -0.15) is 0 Å². The fraction of sp³-hybridized carbons (Fsp3) is 0.571. The third kappa shape index (κ3) is 7.95. The van der Waals surface area contributed by atoms with Crippen LogP contribution in [0.3, 0.4) is 0 Å². The van der Waals surface area contributed by atoms with E-state index in [-0.39, 0.29) is 5.92 Å². The van der Waals surface area contributed by atoms with Gasteiger partial charge in [0.25, 0.3) is 0 Å². The van der Waals surface area contributed by atoms with Crippen LogP contribution in [0.15, 0.2) is 36.4 Å². The predicted octanol–water partition coefficient (Wildman–Crippen LogP) is 0.945. The molecule has 0 aliphatic heterocycles. The summed E-state index contributed by atoms with van der Waals surface area (Å²) < 4.78 is 21.4. The van der Waals surface area contributed by atoms with E-state index in [9.17, 15) is 25.5 Å². The Balaban J connectivity index is 2.30. The van der Waals surface area contributed by atoms with E-state index in [1.54, 1.807) is 26.4 Å². The van der Waals surface area contributed by atoms with Crippen LogP contribution in [0, 0.1) is 11.8 Å². The number of hydrogen-bond acceptors (Lipinski definition) is 10. The van der Waals surface area contributed by atoms with Crippen molar-refractivity contribution < 1.29 is 49.6 Å². The molecular weight excluding hydrogens is 496 g/mol. The van der Waals surface area contributed by atoms with Gasteiger partial charge in [0.05, 0.1) is 41.2 Å². The Labute approximate surface area is 224 Å². The number of aliphatic hydroxyl groups is 6. The molecule has 0 saturated carbocycles. The van der Waals surface area contributed by atoms with Crippen molar-refractivity contribution in [3.05, 3.63) is 47.5 Å². The molecule has 2 aromatic carbocycles. The monoisotopic (exact) mass is 538 g/mol. The second-order valence-electron chi connectivity index (χ2n) is 9.47. The molecule has 0 aromatic heterocycles. The zero-order chi connectivity index (χ0) is 28.4. The van der Waals surface area contributed by atoms with Crippen LogP contribution in [0.2, 0.25) is 0 Å². The summed E-state index contributed by atoms with van der Waals surface area (Å²) in [5.74, 6) is 1.57.